The van der Waals surface area contributed by atoms with E-state index in [1.54, 1.807) is 0 Å². The van der Waals surface area contributed by atoms with Crippen LogP contribution in [0.3, 0.4) is 0 Å². The van der Waals surface area contributed by atoms with E-state index in [9.17, 15) is 0 Å². The molecule has 0 heterocycles. The highest BCUT2D eigenvalue weighted by Gasteiger charge is 2.16. The maximum atomic E-state index is 3.70. The molecule has 0 N–H and O–H groups in total. The molecule has 0 aliphatic carbocycles. The Morgan fingerprint density at radius 2 is 0.897 bits per heavy atom. The van der Waals surface area contributed by atoms with Crippen LogP contribution in [-0.2, 0) is 0 Å². The molecule has 0 atom stereocenters. The molecule has 0 aromatic heterocycles. The molecule has 0 bridgehead atoms. The van der Waals surface area contributed by atoms with Crippen LogP contribution in [0.4, 0.5) is 0 Å². The average Bonchev–Trinajstić information content (AvgIpc) is 2.81. The van der Waals surface area contributed by atoms with E-state index in [0.717, 1.165) is 16.7 Å². The Morgan fingerprint density at radius 3 is 1.41 bits per heavy atom. The number of hydrogen-bond acceptors (Lipinski definition) is 0. The zero-order chi connectivity index (χ0) is 19.9. The van der Waals surface area contributed by atoms with Gasteiger partial charge in [0.25, 0.3) is 0 Å². The molecule has 4 rings (SSSR count). The van der Waals surface area contributed by atoms with Crippen molar-refractivity contribution in [2.75, 3.05) is 0 Å². The third-order valence-corrected chi connectivity index (χ3v) is 5.83. The zero-order valence-electron chi connectivity index (χ0n) is 15.9. The third-order valence-electron chi connectivity index (χ3n) is 4.66. The smallest absolute Gasteiger partial charge is 0.0287 e. The Kier molecular flexibility index (Phi) is 6.38. The molecule has 0 aliphatic heterocycles. The molecule has 1 heteroatoms. The topological polar surface area (TPSA) is 0 Å². The van der Waals surface area contributed by atoms with Gasteiger partial charge in [0.2, 0.25) is 0 Å². The fourth-order valence-corrected chi connectivity index (χ4v) is 4.20. The monoisotopic (exact) mass is 483 g/mol. The van der Waals surface area contributed by atoms with Gasteiger partial charge in [0.15, 0.2) is 0 Å². The van der Waals surface area contributed by atoms with Gasteiger partial charge < -0.3 is 0 Å². The third kappa shape index (κ3) is 4.75. The average molecular weight is 483 g/mol. The Bertz CT molecular complexity index is 1110. The van der Waals surface area contributed by atoms with Crippen LogP contribution in [0, 0.1) is 6.08 Å². The molecule has 0 saturated heterocycles. The number of benzene rings is 4. The van der Waals surface area contributed by atoms with E-state index in [2.05, 4.69) is 144 Å². The lowest BCUT2D eigenvalue weighted by atomic mass is 9.89. The van der Waals surface area contributed by atoms with Crippen molar-refractivity contribution in [3.8, 4) is 0 Å². The summed E-state index contributed by atoms with van der Waals surface area (Å²) in [6.07, 6.45) is 3.70. The van der Waals surface area contributed by atoms with E-state index in [1.807, 2.05) is 6.07 Å². The quantitative estimate of drug-likeness (QED) is 0.154. The van der Waals surface area contributed by atoms with Crippen LogP contribution in [-0.4, -0.2) is 0 Å². The Hall–Kier alpha value is -2.91. The number of halogens is 1. The second-order valence-electron chi connectivity index (χ2n) is 6.65. The molecule has 0 saturated carbocycles. The molecule has 4 aromatic rings. The maximum Gasteiger partial charge on any atom is 0.0287 e. The highest BCUT2D eigenvalue weighted by molar-refractivity contribution is 14.1. The second kappa shape index (κ2) is 9.53. The van der Waals surface area contributed by atoms with E-state index in [4.69, 9.17) is 0 Å². The lowest BCUT2D eigenvalue weighted by Crippen LogP contribution is -1.95. The summed E-state index contributed by atoms with van der Waals surface area (Å²) >= 11 is 2.48. The van der Waals surface area contributed by atoms with E-state index in [1.165, 1.54) is 20.3 Å². The molecule has 29 heavy (non-hydrogen) atoms. The van der Waals surface area contributed by atoms with Gasteiger partial charge in [0.1, 0.15) is 0 Å². The van der Waals surface area contributed by atoms with Crippen molar-refractivity contribution in [1.29, 1.82) is 0 Å². The summed E-state index contributed by atoms with van der Waals surface area (Å²) in [6, 6.07) is 42.0. The van der Waals surface area contributed by atoms with E-state index in [0.29, 0.717) is 0 Å². The SMILES string of the molecule is I/C(=C(\C(=[C]c1ccccc1)c1ccccc1)c1ccccc1)c1ccccc1. The lowest BCUT2D eigenvalue weighted by molar-refractivity contribution is 1.53. The molecule has 1 radical (unpaired) electrons. The molecule has 0 fully saturated rings. The van der Waals surface area contributed by atoms with Gasteiger partial charge in [-0.15, -0.1) is 0 Å². The normalized spacial score (nSPS) is 12.4. The predicted octanol–water partition coefficient (Wildman–Crippen LogP) is 7.92. The van der Waals surface area contributed by atoms with Gasteiger partial charge in [-0.1, -0.05) is 121 Å². The summed E-state index contributed by atoms with van der Waals surface area (Å²) in [7, 11) is 0. The van der Waals surface area contributed by atoms with Gasteiger partial charge in [-0.2, -0.15) is 0 Å². The first kappa shape index (κ1) is 19.4. The van der Waals surface area contributed by atoms with Crippen LogP contribution in [0.2, 0.25) is 0 Å². The summed E-state index contributed by atoms with van der Waals surface area (Å²) in [5.74, 6) is 0. The minimum Gasteiger partial charge on any atom is -0.0622 e. The molecule has 4 aromatic carbocycles. The minimum absolute atomic E-state index is 1.07. The van der Waals surface area contributed by atoms with Crippen LogP contribution in [0.5, 0.6) is 0 Å². The van der Waals surface area contributed by atoms with Gasteiger partial charge >= 0.3 is 0 Å². The van der Waals surface area contributed by atoms with E-state index < -0.39 is 0 Å². The highest BCUT2D eigenvalue weighted by Crippen LogP contribution is 2.41. The first-order valence-electron chi connectivity index (χ1n) is 9.58. The van der Waals surface area contributed by atoms with Gasteiger partial charge in [-0.05, 0) is 56.5 Å². The largest absolute Gasteiger partial charge is 0.0622 e. The Labute approximate surface area is 186 Å². The zero-order valence-corrected chi connectivity index (χ0v) is 18.1. The number of allylic oxidation sites excluding steroid dienone is 2. The summed E-state index contributed by atoms with van der Waals surface area (Å²) in [6.45, 7) is 0. The van der Waals surface area contributed by atoms with E-state index in [-0.39, 0.29) is 0 Å². The molecule has 0 unspecified atom stereocenters. The van der Waals surface area contributed by atoms with Crippen molar-refractivity contribution >= 4 is 37.3 Å². The van der Waals surface area contributed by atoms with Crippen LogP contribution in [0.1, 0.15) is 22.3 Å². The van der Waals surface area contributed by atoms with Crippen molar-refractivity contribution in [3.05, 3.63) is 150 Å². The highest BCUT2D eigenvalue weighted by atomic mass is 127. The first-order chi connectivity index (χ1) is 14.3. The van der Waals surface area contributed by atoms with E-state index >= 15 is 0 Å². The molecular formula is C28H20I. The van der Waals surface area contributed by atoms with Crippen molar-refractivity contribution in [2.24, 2.45) is 0 Å². The minimum atomic E-state index is 1.07. The van der Waals surface area contributed by atoms with Gasteiger partial charge in [-0.25, -0.2) is 0 Å². The fourth-order valence-electron chi connectivity index (χ4n) is 3.26. The maximum absolute atomic E-state index is 3.70. The molecular weight excluding hydrogens is 463 g/mol. The summed E-state index contributed by atoms with van der Waals surface area (Å²) < 4.78 is 1.21. The molecule has 0 aliphatic rings. The van der Waals surface area contributed by atoms with Crippen LogP contribution < -0.4 is 0 Å². The molecule has 0 nitrogen and oxygen atoms in total. The Balaban J connectivity index is 2.01. The lowest BCUT2D eigenvalue weighted by Gasteiger charge is -2.17. The number of rotatable bonds is 5. The predicted molar refractivity (Wildman–Crippen MR) is 132 cm³/mol. The fraction of sp³-hybridized carbons (Fsp3) is 0. The van der Waals surface area contributed by atoms with Crippen LogP contribution >= 0.6 is 22.6 Å². The van der Waals surface area contributed by atoms with Crippen LogP contribution in [0.25, 0.3) is 14.7 Å². The molecule has 139 valence electrons. The molecule has 0 amide bonds. The van der Waals surface area contributed by atoms with Crippen LogP contribution in [0.15, 0.2) is 121 Å². The van der Waals surface area contributed by atoms with Crippen molar-refractivity contribution in [2.45, 2.75) is 0 Å². The molecule has 0 spiro atoms. The van der Waals surface area contributed by atoms with Gasteiger partial charge in [-0.3, -0.25) is 0 Å². The second-order valence-corrected chi connectivity index (χ2v) is 7.73. The van der Waals surface area contributed by atoms with Gasteiger partial charge in [0, 0.05) is 9.15 Å². The summed E-state index contributed by atoms with van der Waals surface area (Å²) in [4.78, 5) is 0. The van der Waals surface area contributed by atoms with Gasteiger partial charge in [0.05, 0.1) is 0 Å². The summed E-state index contributed by atoms with van der Waals surface area (Å²) in [5, 5.41) is 0. The van der Waals surface area contributed by atoms with Crippen molar-refractivity contribution < 1.29 is 0 Å². The number of hydrogen-bond donors (Lipinski definition) is 0. The first-order valence-corrected chi connectivity index (χ1v) is 10.7. The van der Waals surface area contributed by atoms with Crippen molar-refractivity contribution in [3.63, 3.8) is 0 Å². The Morgan fingerprint density at radius 1 is 0.483 bits per heavy atom. The van der Waals surface area contributed by atoms with Crippen molar-refractivity contribution in [1.82, 2.24) is 0 Å². The standard InChI is InChI=1S/C28H20I/c29-28(25-19-11-4-12-20-25)27(24-17-9-3-10-18-24)26(23-15-7-2-8-16-23)21-22-13-5-1-6-14-22/h1-20H/b26-21?,28-27-. The summed E-state index contributed by atoms with van der Waals surface area (Å²) in [5.41, 5.74) is 6.89.